The third-order valence-corrected chi connectivity index (χ3v) is 6.56. The molecule has 0 unspecified atom stereocenters. The van der Waals surface area contributed by atoms with Crippen LogP contribution in [-0.4, -0.2) is 30.9 Å². The van der Waals surface area contributed by atoms with E-state index >= 15 is 0 Å². The summed E-state index contributed by atoms with van der Waals surface area (Å²) in [4.78, 5) is 22.2. The molecule has 4 rings (SSSR count). The van der Waals surface area contributed by atoms with Gasteiger partial charge in [0, 0.05) is 27.9 Å². The second-order valence-electron chi connectivity index (χ2n) is 7.96. The average Bonchev–Trinajstić information content (AvgIpc) is 3.23. The highest BCUT2D eigenvalue weighted by Crippen LogP contribution is 2.26. The van der Waals surface area contributed by atoms with E-state index in [2.05, 4.69) is 32.5 Å². The SMILES string of the molecule is CCc1ccc(NC(=O)c2nnn(-c3ccc(C)c(Cl)c3)c2CSc2nc(C)cc(C)n2)cc1. The summed E-state index contributed by atoms with van der Waals surface area (Å²) in [5.74, 6) is 0.0736. The molecule has 9 heteroatoms. The Morgan fingerprint density at radius 2 is 1.74 bits per heavy atom. The van der Waals surface area contributed by atoms with Gasteiger partial charge < -0.3 is 5.32 Å². The van der Waals surface area contributed by atoms with E-state index < -0.39 is 0 Å². The fraction of sp³-hybridized carbons (Fsp3) is 0.240. The van der Waals surface area contributed by atoms with Crippen LogP contribution in [0, 0.1) is 20.8 Å². The van der Waals surface area contributed by atoms with E-state index in [4.69, 9.17) is 11.6 Å². The lowest BCUT2D eigenvalue weighted by molar-refractivity contribution is 0.102. The Hall–Kier alpha value is -3.23. The molecule has 1 N–H and O–H groups in total. The fourth-order valence-electron chi connectivity index (χ4n) is 3.43. The number of thioether (sulfide) groups is 1. The number of nitrogens with zero attached hydrogens (tertiary/aromatic N) is 5. The Bertz CT molecular complexity index is 1320. The van der Waals surface area contributed by atoms with Gasteiger partial charge in [-0.3, -0.25) is 4.79 Å². The Labute approximate surface area is 208 Å². The molecule has 4 aromatic rings. The van der Waals surface area contributed by atoms with Crippen LogP contribution in [0.4, 0.5) is 5.69 Å². The predicted molar refractivity (Wildman–Crippen MR) is 136 cm³/mol. The largest absolute Gasteiger partial charge is 0.321 e. The zero-order chi connectivity index (χ0) is 24.2. The maximum atomic E-state index is 13.2. The number of aromatic nitrogens is 5. The number of aryl methyl sites for hydroxylation is 4. The van der Waals surface area contributed by atoms with Gasteiger partial charge in [-0.05, 0) is 68.7 Å². The molecule has 0 bridgehead atoms. The Kier molecular flexibility index (Phi) is 7.29. The fourth-order valence-corrected chi connectivity index (χ4v) is 4.55. The Balaban J connectivity index is 1.67. The van der Waals surface area contributed by atoms with Crippen LogP contribution in [0.5, 0.6) is 0 Å². The summed E-state index contributed by atoms with van der Waals surface area (Å²) >= 11 is 7.79. The maximum Gasteiger partial charge on any atom is 0.278 e. The first-order valence-electron chi connectivity index (χ1n) is 10.9. The van der Waals surface area contributed by atoms with E-state index in [1.807, 2.05) is 69.3 Å². The molecule has 2 heterocycles. The molecule has 7 nitrogen and oxygen atoms in total. The summed E-state index contributed by atoms with van der Waals surface area (Å²) in [5, 5.41) is 12.7. The van der Waals surface area contributed by atoms with Crippen molar-refractivity contribution in [2.75, 3.05) is 5.32 Å². The molecule has 0 radical (unpaired) electrons. The first-order valence-corrected chi connectivity index (χ1v) is 12.3. The smallest absolute Gasteiger partial charge is 0.278 e. The van der Waals surface area contributed by atoms with Gasteiger partial charge in [-0.2, -0.15) is 0 Å². The van der Waals surface area contributed by atoms with Crippen LogP contribution >= 0.6 is 23.4 Å². The van der Waals surface area contributed by atoms with Gasteiger partial charge in [0.05, 0.1) is 11.4 Å². The molecule has 0 fully saturated rings. The molecule has 174 valence electrons. The van der Waals surface area contributed by atoms with Gasteiger partial charge in [-0.25, -0.2) is 14.6 Å². The maximum absolute atomic E-state index is 13.2. The zero-order valence-corrected chi connectivity index (χ0v) is 21.0. The van der Waals surface area contributed by atoms with E-state index in [0.29, 0.717) is 27.3 Å². The van der Waals surface area contributed by atoms with E-state index in [9.17, 15) is 4.79 Å². The van der Waals surface area contributed by atoms with Crippen LogP contribution in [0.25, 0.3) is 5.69 Å². The minimum Gasteiger partial charge on any atom is -0.321 e. The average molecular weight is 493 g/mol. The minimum absolute atomic E-state index is 0.244. The third kappa shape index (κ3) is 5.46. The van der Waals surface area contributed by atoms with Gasteiger partial charge in [-0.15, -0.1) is 5.10 Å². The van der Waals surface area contributed by atoms with Crippen molar-refractivity contribution in [3.8, 4) is 5.69 Å². The number of nitrogens with one attached hydrogen (secondary N) is 1. The van der Waals surface area contributed by atoms with Crippen LogP contribution in [0.3, 0.4) is 0 Å². The lowest BCUT2D eigenvalue weighted by Gasteiger charge is -2.10. The summed E-state index contributed by atoms with van der Waals surface area (Å²) in [6.07, 6.45) is 0.934. The highest BCUT2D eigenvalue weighted by atomic mass is 35.5. The van der Waals surface area contributed by atoms with Crippen molar-refractivity contribution in [2.45, 2.75) is 45.0 Å². The van der Waals surface area contributed by atoms with E-state index in [1.165, 1.54) is 17.3 Å². The summed E-state index contributed by atoms with van der Waals surface area (Å²) in [7, 11) is 0. The molecular formula is C25H25ClN6OS. The first kappa shape index (κ1) is 23.9. The van der Waals surface area contributed by atoms with Gasteiger partial charge in [0.25, 0.3) is 5.91 Å². The van der Waals surface area contributed by atoms with Crippen molar-refractivity contribution in [2.24, 2.45) is 0 Å². The van der Waals surface area contributed by atoms with E-state index in [0.717, 1.165) is 29.1 Å². The number of carbonyl (C=O) groups is 1. The number of anilines is 1. The Morgan fingerprint density at radius 3 is 2.38 bits per heavy atom. The molecule has 0 saturated heterocycles. The predicted octanol–water partition coefficient (Wildman–Crippen LogP) is 5.74. The molecule has 0 spiro atoms. The molecule has 0 saturated carbocycles. The van der Waals surface area contributed by atoms with Crippen LogP contribution in [-0.2, 0) is 12.2 Å². The van der Waals surface area contributed by atoms with E-state index in [1.54, 1.807) is 4.68 Å². The third-order valence-electron chi connectivity index (χ3n) is 5.30. The van der Waals surface area contributed by atoms with Gasteiger partial charge in [-0.1, -0.05) is 53.7 Å². The summed E-state index contributed by atoms with van der Waals surface area (Å²) < 4.78 is 1.65. The first-order chi connectivity index (χ1) is 16.3. The highest BCUT2D eigenvalue weighted by Gasteiger charge is 2.22. The molecule has 0 aliphatic carbocycles. The molecule has 34 heavy (non-hydrogen) atoms. The van der Waals surface area contributed by atoms with Crippen molar-refractivity contribution < 1.29 is 4.79 Å². The Morgan fingerprint density at radius 1 is 1.03 bits per heavy atom. The van der Waals surface area contributed by atoms with Crippen molar-refractivity contribution >= 4 is 35.0 Å². The lowest BCUT2D eigenvalue weighted by Crippen LogP contribution is -2.15. The number of rotatable bonds is 7. The molecular weight excluding hydrogens is 468 g/mol. The molecule has 2 aromatic carbocycles. The molecule has 0 aliphatic rings. The summed E-state index contributed by atoms with van der Waals surface area (Å²) in [6.45, 7) is 7.89. The van der Waals surface area contributed by atoms with Crippen molar-refractivity contribution in [1.29, 1.82) is 0 Å². The molecule has 2 aromatic heterocycles. The zero-order valence-electron chi connectivity index (χ0n) is 19.5. The van der Waals surface area contributed by atoms with Gasteiger partial charge >= 0.3 is 0 Å². The normalized spacial score (nSPS) is 11.0. The van der Waals surface area contributed by atoms with Crippen LogP contribution < -0.4 is 5.32 Å². The molecule has 0 atom stereocenters. The van der Waals surface area contributed by atoms with Gasteiger partial charge in [0.15, 0.2) is 10.9 Å². The summed E-state index contributed by atoms with van der Waals surface area (Å²) in [5.41, 5.74) is 6.24. The van der Waals surface area contributed by atoms with Crippen LogP contribution in [0.1, 0.15) is 45.6 Å². The summed E-state index contributed by atoms with van der Waals surface area (Å²) in [6, 6.07) is 15.3. The second-order valence-corrected chi connectivity index (χ2v) is 9.31. The topological polar surface area (TPSA) is 85.6 Å². The minimum atomic E-state index is -0.328. The standard InChI is InChI=1S/C25H25ClN6OS/c1-5-18-7-9-19(10-8-18)29-24(33)23-22(14-34-25-27-16(3)12-17(4)28-25)32(31-30-23)20-11-6-15(2)21(26)13-20/h6-13H,5,14H2,1-4H3,(H,29,33). The van der Waals surface area contributed by atoms with Crippen molar-refractivity contribution in [1.82, 2.24) is 25.0 Å². The van der Waals surface area contributed by atoms with Crippen molar-refractivity contribution in [3.05, 3.63) is 87.5 Å². The van der Waals surface area contributed by atoms with Crippen molar-refractivity contribution in [3.63, 3.8) is 0 Å². The number of benzene rings is 2. The van der Waals surface area contributed by atoms with Crippen LogP contribution in [0.2, 0.25) is 5.02 Å². The monoisotopic (exact) mass is 492 g/mol. The molecule has 1 amide bonds. The molecule has 0 aliphatic heterocycles. The van der Waals surface area contributed by atoms with Gasteiger partial charge in [0.1, 0.15) is 0 Å². The van der Waals surface area contributed by atoms with E-state index in [-0.39, 0.29) is 11.6 Å². The highest BCUT2D eigenvalue weighted by molar-refractivity contribution is 7.98. The number of halogens is 1. The number of carbonyl (C=O) groups excluding carboxylic acids is 1. The van der Waals surface area contributed by atoms with Gasteiger partial charge in [0.2, 0.25) is 0 Å². The van der Waals surface area contributed by atoms with Crippen LogP contribution in [0.15, 0.2) is 53.7 Å². The number of hydrogen-bond donors (Lipinski definition) is 1. The second kappa shape index (κ2) is 10.4. The number of amides is 1. The lowest BCUT2D eigenvalue weighted by atomic mass is 10.1. The number of hydrogen-bond acceptors (Lipinski definition) is 6. The quantitative estimate of drug-likeness (QED) is 0.261.